The summed E-state index contributed by atoms with van der Waals surface area (Å²) in [7, 11) is 0. The summed E-state index contributed by atoms with van der Waals surface area (Å²) in [4.78, 5) is 2.59. The highest BCUT2D eigenvalue weighted by Gasteiger charge is 2.43. The van der Waals surface area contributed by atoms with Crippen LogP contribution in [0.15, 0.2) is 18.2 Å². The van der Waals surface area contributed by atoms with Gasteiger partial charge in [0.05, 0.1) is 0 Å². The van der Waals surface area contributed by atoms with E-state index in [1.165, 1.54) is 12.1 Å². The lowest BCUT2D eigenvalue weighted by molar-refractivity contribution is 0.182. The van der Waals surface area contributed by atoms with E-state index in [1.807, 2.05) is 12.1 Å². The molecule has 2 heterocycles. The van der Waals surface area contributed by atoms with Crippen molar-refractivity contribution in [1.82, 2.24) is 10.2 Å². The van der Waals surface area contributed by atoms with Crippen molar-refractivity contribution < 1.29 is 0 Å². The Kier molecular flexibility index (Phi) is 3.78. The van der Waals surface area contributed by atoms with Crippen molar-refractivity contribution in [3.05, 3.63) is 33.8 Å². The summed E-state index contributed by atoms with van der Waals surface area (Å²) in [6, 6.07) is 6.81. The number of likely N-dealkylation sites (tertiary alicyclic amines) is 1. The van der Waals surface area contributed by atoms with Crippen LogP contribution >= 0.6 is 23.2 Å². The van der Waals surface area contributed by atoms with E-state index in [1.54, 1.807) is 0 Å². The van der Waals surface area contributed by atoms with Crippen molar-refractivity contribution in [2.24, 2.45) is 11.8 Å². The number of halogens is 2. The van der Waals surface area contributed by atoms with Gasteiger partial charge < -0.3 is 5.32 Å². The molecule has 0 radical (unpaired) electrons. The Bertz CT molecular complexity index is 477. The summed E-state index contributed by atoms with van der Waals surface area (Å²) in [5, 5.41) is 4.99. The zero-order valence-corrected chi connectivity index (χ0v) is 12.9. The lowest BCUT2D eigenvalue weighted by Crippen LogP contribution is -2.35. The Morgan fingerprint density at radius 3 is 2.79 bits per heavy atom. The maximum absolute atomic E-state index is 6.35. The largest absolute Gasteiger partial charge is 0.316 e. The highest BCUT2D eigenvalue weighted by atomic mass is 35.5. The molecule has 0 amide bonds. The Balaban J connectivity index is 1.82. The third-order valence-corrected chi connectivity index (χ3v) is 5.45. The fraction of sp³-hybridized carbons (Fsp3) is 0.600. The van der Waals surface area contributed by atoms with Gasteiger partial charge in [-0.1, -0.05) is 29.3 Å². The van der Waals surface area contributed by atoms with E-state index in [4.69, 9.17) is 23.2 Å². The molecule has 4 atom stereocenters. The van der Waals surface area contributed by atoms with Crippen LogP contribution in [0.25, 0.3) is 0 Å². The molecule has 4 unspecified atom stereocenters. The predicted octanol–water partition coefficient (Wildman–Crippen LogP) is 3.59. The van der Waals surface area contributed by atoms with Crippen molar-refractivity contribution in [2.45, 2.75) is 25.9 Å². The van der Waals surface area contributed by atoms with Crippen LogP contribution in [0.2, 0.25) is 10.0 Å². The molecule has 2 saturated heterocycles. The van der Waals surface area contributed by atoms with Crippen LogP contribution in [0.5, 0.6) is 0 Å². The predicted molar refractivity (Wildman–Crippen MR) is 80.9 cm³/mol. The van der Waals surface area contributed by atoms with E-state index >= 15 is 0 Å². The normalized spacial score (nSPS) is 32.5. The summed E-state index contributed by atoms with van der Waals surface area (Å²) in [6.07, 6.45) is 0. The number of hydrogen-bond acceptors (Lipinski definition) is 2. The van der Waals surface area contributed by atoms with Gasteiger partial charge in [0.2, 0.25) is 0 Å². The molecule has 0 bridgehead atoms. The molecule has 0 aromatic heterocycles. The number of hydrogen-bond donors (Lipinski definition) is 1. The lowest BCUT2D eigenvalue weighted by Gasteiger charge is -2.31. The van der Waals surface area contributed by atoms with Crippen molar-refractivity contribution in [3.8, 4) is 0 Å². The van der Waals surface area contributed by atoms with Gasteiger partial charge in [-0.25, -0.2) is 0 Å². The fourth-order valence-corrected chi connectivity index (χ4v) is 4.30. The average Bonchev–Trinajstić information content (AvgIpc) is 2.92. The van der Waals surface area contributed by atoms with E-state index in [2.05, 4.69) is 30.1 Å². The monoisotopic (exact) mass is 298 g/mol. The smallest absolute Gasteiger partial charge is 0.0468 e. The zero-order chi connectivity index (χ0) is 13.6. The maximum atomic E-state index is 6.35. The van der Waals surface area contributed by atoms with Gasteiger partial charge in [0.1, 0.15) is 0 Å². The molecule has 1 N–H and O–H groups in total. The fourth-order valence-electron chi connectivity index (χ4n) is 3.73. The summed E-state index contributed by atoms with van der Waals surface area (Å²) in [6.45, 7) is 8.08. The van der Waals surface area contributed by atoms with Gasteiger partial charge in [0, 0.05) is 28.7 Å². The van der Waals surface area contributed by atoms with Crippen LogP contribution in [0.3, 0.4) is 0 Å². The summed E-state index contributed by atoms with van der Waals surface area (Å²) < 4.78 is 0. The molecule has 1 aromatic carbocycles. The number of nitrogens with zero attached hydrogens (tertiary/aromatic N) is 1. The second-order valence-corrected chi connectivity index (χ2v) is 6.71. The summed E-state index contributed by atoms with van der Waals surface area (Å²) >= 11 is 12.3. The van der Waals surface area contributed by atoms with Gasteiger partial charge in [-0.2, -0.15) is 0 Å². The molecular weight excluding hydrogens is 279 g/mol. The van der Waals surface area contributed by atoms with E-state index < -0.39 is 0 Å². The minimum atomic E-state index is 0.352. The second kappa shape index (κ2) is 5.25. The molecule has 2 aliphatic heterocycles. The molecule has 104 valence electrons. The van der Waals surface area contributed by atoms with Gasteiger partial charge in [-0.3, -0.25) is 4.90 Å². The number of fused-ring (bicyclic) bond motifs is 1. The van der Waals surface area contributed by atoms with E-state index in [0.717, 1.165) is 29.9 Å². The Labute approximate surface area is 125 Å². The van der Waals surface area contributed by atoms with E-state index in [9.17, 15) is 0 Å². The molecule has 0 spiro atoms. The van der Waals surface area contributed by atoms with Crippen LogP contribution in [0, 0.1) is 11.8 Å². The molecule has 2 fully saturated rings. The topological polar surface area (TPSA) is 15.3 Å². The van der Waals surface area contributed by atoms with E-state index in [0.29, 0.717) is 17.1 Å². The minimum absolute atomic E-state index is 0.352. The number of nitrogens with one attached hydrogen (secondary N) is 1. The van der Waals surface area contributed by atoms with Gasteiger partial charge in [-0.05, 0) is 56.5 Å². The Morgan fingerprint density at radius 1 is 1.32 bits per heavy atom. The molecule has 4 heteroatoms. The lowest BCUT2D eigenvalue weighted by atomic mass is 9.95. The second-order valence-electron chi connectivity index (χ2n) is 5.86. The first kappa shape index (κ1) is 13.7. The van der Waals surface area contributed by atoms with Gasteiger partial charge in [0.15, 0.2) is 0 Å². The molecule has 19 heavy (non-hydrogen) atoms. The average molecular weight is 299 g/mol. The molecule has 1 aromatic rings. The van der Waals surface area contributed by atoms with Gasteiger partial charge in [-0.15, -0.1) is 0 Å². The van der Waals surface area contributed by atoms with Crippen LogP contribution in [0.4, 0.5) is 0 Å². The summed E-state index contributed by atoms with van der Waals surface area (Å²) in [5.74, 6) is 1.58. The molecular formula is C15H20Cl2N2. The van der Waals surface area contributed by atoms with Crippen LogP contribution in [-0.2, 0) is 0 Å². The van der Waals surface area contributed by atoms with Gasteiger partial charge >= 0.3 is 0 Å². The van der Waals surface area contributed by atoms with Gasteiger partial charge in [0.25, 0.3) is 0 Å². The van der Waals surface area contributed by atoms with Crippen LogP contribution in [-0.4, -0.2) is 30.6 Å². The van der Waals surface area contributed by atoms with Crippen LogP contribution in [0.1, 0.15) is 25.5 Å². The number of benzene rings is 1. The third kappa shape index (κ3) is 2.40. The molecule has 3 rings (SSSR count). The standard InChI is InChI=1S/C15H20Cl2N2/c1-9(13-4-3-12(16)5-15(13)17)19-8-11-6-18-7-14(11)10(19)2/h3-5,9-11,14,18H,6-8H2,1-2H3. The first-order chi connectivity index (χ1) is 9.08. The first-order valence-electron chi connectivity index (χ1n) is 6.99. The van der Waals surface area contributed by atoms with Crippen molar-refractivity contribution in [3.63, 3.8) is 0 Å². The number of rotatable bonds is 2. The van der Waals surface area contributed by atoms with Crippen molar-refractivity contribution >= 4 is 23.2 Å². The Hall–Kier alpha value is -0.280. The molecule has 0 saturated carbocycles. The quantitative estimate of drug-likeness (QED) is 0.897. The first-order valence-corrected chi connectivity index (χ1v) is 7.75. The van der Waals surface area contributed by atoms with E-state index in [-0.39, 0.29) is 0 Å². The third-order valence-electron chi connectivity index (χ3n) is 4.89. The highest BCUT2D eigenvalue weighted by Crippen LogP contribution is 2.39. The molecule has 0 aliphatic carbocycles. The minimum Gasteiger partial charge on any atom is -0.316 e. The molecule has 2 nitrogen and oxygen atoms in total. The highest BCUT2D eigenvalue weighted by molar-refractivity contribution is 6.35. The summed E-state index contributed by atoms with van der Waals surface area (Å²) in [5.41, 5.74) is 1.19. The molecule has 2 aliphatic rings. The Morgan fingerprint density at radius 2 is 2.11 bits per heavy atom. The zero-order valence-electron chi connectivity index (χ0n) is 11.4. The van der Waals surface area contributed by atoms with Crippen molar-refractivity contribution in [2.75, 3.05) is 19.6 Å². The van der Waals surface area contributed by atoms with Crippen LogP contribution < -0.4 is 5.32 Å². The maximum Gasteiger partial charge on any atom is 0.0468 e. The SMILES string of the molecule is CC(c1ccc(Cl)cc1Cl)N1CC2CNCC2C1C. The van der Waals surface area contributed by atoms with Crippen molar-refractivity contribution in [1.29, 1.82) is 0 Å².